The van der Waals surface area contributed by atoms with Crippen molar-refractivity contribution in [2.75, 3.05) is 12.4 Å². The van der Waals surface area contributed by atoms with Gasteiger partial charge in [-0.1, -0.05) is 0 Å². The Morgan fingerprint density at radius 2 is 2.00 bits per heavy atom. The van der Waals surface area contributed by atoms with Crippen molar-refractivity contribution in [3.8, 4) is 5.75 Å². The molecular formula is C15H16Cl2N2O6. The zero-order valence-electron chi connectivity index (χ0n) is 13.7. The second-order valence-corrected chi connectivity index (χ2v) is 7.38. The van der Waals surface area contributed by atoms with E-state index in [-0.39, 0.29) is 23.5 Å². The molecule has 1 amide bonds. The zero-order chi connectivity index (χ0) is 19.0. The highest BCUT2D eigenvalue weighted by Gasteiger charge is 2.69. The normalized spacial score (nSPS) is 21.8. The van der Waals surface area contributed by atoms with Crippen molar-refractivity contribution >= 4 is 46.5 Å². The largest absolute Gasteiger partial charge is 0.495 e. The van der Waals surface area contributed by atoms with Crippen LogP contribution in [-0.2, 0) is 14.3 Å². The molecule has 1 aliphatic rings. The summed E-state index contributed by atoms with van der Waals surface area (Å²) in [6.07, 6.45) is -0.923. The number of amides is 1. The lowest BCUT2D eigenvalue weighted by Gasteiger charge is -2.18. The molecular weight excluding hydrogens is 375 g/mol. The maximum Gasteiger partial charge on any atom is 0.315 e. The molecule has 136 valence electrons. The minimum absolute atomic E-state index is 0.0891. The van der Waals surface area contributed by atoms with E-state index in [0.717, 1.165) is 6.07 Å². The van der Waals surface area contributed by atoms with Crippen LogP contribution in [0.1, 0.15) is 20.3 Å². The van der Waals surface area contributed by atoms with E-state index < -0.39 is 32.7 Å². The number of esters is 1. The smallest absolute Gasteiger partial charge is 0.315 e. The van der Waals surface area contributed by atoms with Gasteiger partial charge in [-0.3, -0.25) is 19.7 Å². The van der Waals surface area contributed by atoms with Gasteiger partial charge in [0.1, 0.15) is 15.5 Å². The van der Waals surface area contributed by atoms with Crippen molar-refractivity contribution in [2.24, 2.45) is 5.41 Å². The minimum atomic E-state index is -1.20. The van der Waals surface area contributed by atoms with Crippen molar-refractivity contribution in [3.63, 3.8) is 0 Å². The maximum absolute atomic E-state index is 12.2. The minimum Gasteiger partial charge on any atom is -0.495 e. The van der Waals surface area contributed by atoms with Crippen LogP contribution in [0.15, 0.2) is 18.2 Å². The average molecular weight is 391 g/mol. The number of nitrogens with one attached hydrogen (secondary N) is 1. The molecule has 1 fully saturated rings. The van der Waals surface area contributed by atoms with Gasteiger partial charge in [0.15, 0.2) is 6.10 Å². The molecule has 2 atom stereocenters. The Balaban J connectivity index is 2.07. The Bertz CT molecular complexity index is 739. The van der Waals surface area contributed by atoms with Crippen LogP contribution in [0.25, 0.3) is 0 Å². The van der Waals surface area contributed by atoms with Gasteiger partial charge >= 0.3 is 5.97 Å². The number of halogens is 2. The summed E-state index contributed by atoms with van der Waals surface area (Å²) in [7, 11) is 1.36. The number of benzene rings is 1. The fraction of sp³-hybridized carbons (Fsp3) is 0.467. The molecule has 0 radical (unpaired) electrons. The van der Waals surface area contributed by atoms with Crippen molar-refractivity contribution in [1.29, 1.82) is 0 Å². The third-order valence-electron chi connectivity index (χ3n) is 4.01. The van der Waals surface area contributed by atoms with E-state index in [1.54, 1.807) is 6.92 Å². The molecule has 2 rings (SSSR count). The molecule has 25 heavy (non-hydrogen) atoms. The number of hydrogen-bond acceptors (Lipinski definition) is 6. The van der Waals surface area contributed by atoms with Gasteiger partial charge < -0.3 is 14.8 Å². The van der Waals surface area contributed by atoms with Crippen LogP contribution in [-0.4, -0.2) is 34.3 Å². The average Bonchev–Trinajstić information content (AvgIpc) is 3.06. The highest BCUT2D eigenvalue weighted by atomic mass is 35.5. The van der Waals surface area contributed by atoms with Gasteiger partial charge in [0.25, 0.3) is 11.6 Å². The summed E-state index contributed by atoms with van der Waals surface area (Å²) >= 11 is 11.8. The number of anilines is 1. The molecule has 0 heterocycles. The van der Waals surface area contributed by atoms with E-state index in [9.17, 15) is 19.7 Å². The summed E-state index contributed by atoms with van der Waals surface area (Å²) in [6.45, 7) is 2.91. The maximum atomic E-state index is 12.2. The summed E-state index contributed by atoms with van der Waals surface area (Å²) < 4.78 is 8.95. The van der Waals surface area contributed by atoms with Crippen LogP contribution < -0.4 is 10.1 Å². The van der Waals surface area contributed by atoms with Gasteiger partial charge in [0, 0.05) is 18.6 Å². The number of ether oxygens (including phenoxy) is 2. The fourth-order valence-corrected chi connectivity index (χ4v) is 2.80. The lowest BCUT2D eigenvalue weighted by Crippen LogP contribution is -2.33. The number of nitrogens with zero attached hydrogens (tertiary/aromatic N) is 1. The Labute approximate surface area is 153 Å². The molecule has 0 aromatic heterocycles. The number of carbonyl (C=O) groups excluding carboxylic acids is 2. The van der Waals surface area contributed by atoms with E-state index in [1.165, 1.54) is 26.2 Å². The molecule has 10 heteroatoms. The first-order valence-electron chi connectivity index (χ1n) is 7.24. The number of carbonyl (C=O) groups is 2. The van der Waals surface area contributed by atoms with Crippen molar-refractivity contribution in [2.45, 2.75) is 30.7 Å². The monoisotopic (exact) mass is 390 g/mol. The summed E-state index contributed by atoms with van der Waals surface area (Å²) in [4.78, 5) is 34.6. The molecule has 0 bridgehead atoms. The topological polar surface area (TPSA) is 108 Å². The van der Waals surface area contributed by atoms with E-state index in [0.29, 0.717) is 0 Å². The van der Waals surface area contributed by atoms with Crippen LogP contribution in [0.2, 0.25) is 0 Å². The van der Waals surface area contributed by atoms with Crippen LogP contribution in [0.4, 0.5) is 11.4 Å². The van der Waals surface area contributed by atoms with Gasteiger partial charge in [0.2, 0.25) is 0 Å². The second-order valence-electron chi connectivity index (χ2n) is 5.89. The number of hydrogen-bond donors (Lipinski definition) is 1. The summed E-state index contributed by atoms with van der Waals surface area (Å²) in [6, 6.07) is 3.74. The highest BCUT2D eigenvalue weighted by Crippen LogP contribution is 2.64. The predicted molar refractivity (Wildman–Crippen MR) is 91.0 cm³/mol. The summed E-state index contributed by atoms with van der Waals surface area (Å²) in [5.41, 5.74) is -1.19. The Hall–Kier alpha value is -2.06. The summed E-state index contributed by atoms with van der Waals surface area (Å²) in [5.74, 6) is -1.13. The van der Waals surface area contributed by atoms with E-state index >= 15 is 0 Å². The van der Waals surface area contributed by atoms with Crippen LogP contribution in [0.5, 0.6) is 5.75 Å². The molecule has 1 aliphatic carbocycles. The van der Waals surface area contributed by atoms with Crippen molar-refractivity contribution in [3.05, 3.63) is 28.3 Å². The SMILES string of the molecule is COc1ccc([N+](=O)[O-])cc1NC(=O)C(C)OC(=O)C1(C)CC1(Cl)Cl. The first-order valence-corrected chi connectivity index (χ1v) is 7.99. The molecule has 0 spiro atoms. The van der Waals surface area contributed by atoms with E-state index in [2.05, 4.69) is 5.32 Å². The van der Waals surface area contributed by atoms with Crippen molar-refractivity contribution in [1.82, 2.24) is 0 Å². The zero-order valence-corrected chi connectivity index (χ0v) is 15.2. The number of methoxy groups -OCH3 is 1. The lowest BCUT2D eigenvalue weighted by molar-refractivity contribution is -0.384. The molecule has 1 aromatic rings. The van der Waals surface area contributed by atoms with Crippen LogP contribution in [0.3, 0.4) is 0 Å². The number of rotatable bonds is 6. The van der Waals surface area contributed by atoms with E-state index in [1.807, 2.05) is 0 Å². The van der Waals surface area contributed by atoms with Crippen molar-refractivity contribution < 1.29 is 24.0 Å². The molecule has 2 unspecified atom stereocenters. The molecule has 0 aliphatic heterocycles. The van der Waals surface area contributed by atoms with Gasteiger partial charge in [-0.25, -0.2) is 0 Å². The molecule has 1 N–H and O–H groups in total. The number of non-ortho nitro benzene ring substituents is 1. The molecule has 0 saturated heterocycles. The van der Waals surface area contributed by atoms with Crippen LogP contribution >= 0.6 is 23.2 Å². The van der Waals surface area contributed by atoms with Gasteiger partial charge in [-0.15, -0.1) is 23.2 Å². The third-order valence-corrected chi connectivity index (χ3v) is 5.11. The van der Waals surface area contributed by atoms with Crippen LogP contribution in [0, 0.1) is 15.5 Å². The van der Waals surface area contributed by atoms with Gasteiger partial charge in [0.05, 0.1) is 17.7 Å². The van der Waals surface area contributed by atoms with Gasteiger partial charge in [-0.2, -0.15) is 0 Å². The Morgan fingerprint density at radius 3 is 2.48 bits per heavy atom. The number of nitro groups is 1. The lowest BCUT2D eigenvalue weighted by atomic mass is 10.1. The highest BCUT2D eigenvalue weighted by molar-refractivity contribution is 6.53. The first-order chi connectivity index (χ1) is 11.5. The second kappa shape index (κ2) is 6.68. The standard InChI is InChI=1S/C15H16Cl2N2O6/c1-8(25-13(21)14(2)7-15(14,16)17)12(20)18-10-6-9(19(22)23)4-5-11(10)24-3/h4-6,8H,7H2,1-3H3,(H,18,20). The number of alkyl halides is 2. The molecule has 1 aromatic carbocycles. The Kier molecular flexibility index (Phi) is 5.15. The summed E-state index contributed by atoms with van der Waals surface area (Å²) in [5, 5.41) is 13.3. The van der Waals surface area contributed by atoms with E-state index in [4.69, 9.17) is 32.7 Å². The first kappa shape index (κ1) is 19.3. The third kappa shape index (κ3) is 3.80. The Morgan fingerprint density at radius 1 is 1.40 bits per heavy atom. The number of nitro benzene ring substituents is 1. The predicted octanol–water partition coefficient (Wildman–Crippen LogP) is 3.06. The van der Waals surface area contributed by atoms with Gasteiger partial charge in [-0.05, 0) is 19.9 Å². The fourth-order valence-electron chi connectivity index (χ4n) is 2.11. The molecule has 8 nitrogen and oxygen atoms in total. The molecule has 1 saturated carbocycles. The quantitative estimate of drug-likeness (QED) is 0.346.